The molecule has 1 N–H and O–H groups in total. The van der Waals surface area contributed by atoms with Gasteiger partial charge in [0, 0.05) is 53.4 Å². The highest BCUT2D eigenvalue weighted by Crippen LogP contribution is 2.13. The largest absolute Gasteiger partial charge is 0.385 e. The van der Waals surface area contributed by atoms with Gasteiger partial charge in [-0.05, 0) is 12.8 Å². The van der Waals surface area contributed by atoms with Crippen LogP contribution in [0.1, 0.15) is 12.8 Å². The predicted octanol–water partition coefficient (Wildman–Crippen LogP) is 1.18. The lowest BCUT2D eigenvalue weighted by atomic mass is 10.1. The van der Waals surface area contributed by atoms with E-state index in [4.69, 9.17) is 9.47 Å². The number of nitrogens with one attached hydrogen (secondary N) is 1. The third-order valence-electron chi connectivity index (χ3n) is 2.94. The molecule has 1 aliphatic rings. The van der Waals surface area contributed by atoms with Crippen molar-refractivity contribution in [2.75, 3.05) is 54.1 Å². The topological polar surface area (TPSA) is 46.1 Å². The van der Waals surface area contributed by atoms with Crippen molar-refractivity contribution in [2.24, 2.45) is 10.9 Å². The number of nitrogens with zero attached hydrogens (tertiary/aromatic N) is 2. The van der Waals surface area contributed by atoms with E-state index in [0.717, 1.165) is 51.7 Å². The summed E-state index contributed by atoms with van der Waals surface area (Å²) < 4.78 is 10.4. The van der Waals surface area contributed by atoms with Crippen LogP contribution in [0.25, 0.3) is 0 Å². The summed E-state index contributed by atoms with van der Waals surface area (Å²) in [4.78, 5) is 6.45. The number of halogens is 1. The summed E-state index contributed by atoms with van der Waals surface area (Å²) in [6.45, 7) is 4.46. The minimum atomic E-state index is 0. The van der Waals surface area contributed by atoms with Crippen molar-refractivity contribution in [2.45, 2.75) is 12.8 Å². The number of aliphatic imine (C=N–C) groups is 1. The molecule has 1 aliphatic heterocycles. The van der Waals surface area contributed by atoms with Gasteiger partial charge in [0.05, 0.1) is 6.61 Å². The maximum Gasteiger partial charge on any atom is 0.193 e. The molecule has 5 nitrogen and oxygen atoms in total. The lowest BCUT2D eigenvalue weighted by molar-refractivity contribution is 0.181. The van der Waals surface area contributed by atoms with Crippen molar-refractivity contribution in [1.29, 1.82) is 0 Å². The molecule has 0 spiro atoms. The van der Waals surface area contributed by atoms with Crippen LogP contribution in [0.2, 0.25) is 0 Å². The van der Waals surface area contributed by atoms with Gasteiger partial charge < -0.3 is 19.7 Å². The normalized spacial score (nSPS) is 19.5. The first-order valence-electron chi connectivity index (χ1n) is 6.26. The molecule has 1 fully saturated rings. The van der Waals surface area contributed by atoms with E-state index in [2.05, 4.69) is 22.3 Å². The quantitative estimate of drug-likeness (QED) is 0.330. The van der Waals surface area contributed by atoms with Crippen molar-refractivity contribution >= 4 is 29.9 Å². The summed E-state index contributed by atoms with van der Waals surface area (Å²) >= 11 is 0. The maximum atomic E-state index is 5.38. The second-order valence-corrected chi connectivity index (χ2v) is 4.43. The zero-order chi connectivity index (χ0) is 12.5. The van der Waals surface area contributed by atoms with E-state index in [1.54, 1.807) is 7.11 Å². The average Bonchev–Trinajstić information content (AvgIpc) is 2.82. The standard InChI is InChI=1S/C12H25N3O2.HI/c1-13-12(14-6-4-7-16-3)15(2)9-11-5-8-17-10-11;/h11H,4-10H2,1-3H3,(H,13,14);1H. The summed E-state index contributed by atoms with van der Waals surface area (Å²) in [7, 11) is 5.62. The molecule has 0 amide bonds. The Bertz CT molecular complexity index is 233. The lowest BCUT2D eigenvalue weighted by Crippen LogP contribution is -2.41. The molecule has 0 radical (unpaired) electrons. The molecular weight excluding hydrogens is 345 g/mol. The highest BCUT2D eigenvalue weighted by atomic mass is 127. The van der Waals surface area contributed by atoms with Gasteiger partial charge in [0.1, 0.15) is 0 Å². The first-order chi connectivity index (χ1) is 8.27. The van der Waals surface area contributed by atoms with E-state index in [1.807, 2.05) is 7.05 Å². The van der Waals surface area contributed by atoms with Crippen LogP contribution in [-0.2, 0) is 9.47 Å². The van der Waals surface area contributed by atoms with E-state index >= 15 is 0 Å². The third-order valence-corrected chi connectivity index (χ3v) is 2.94. The van der Waals surface area contributed by atoms with Gasteiger partial charge >= 0.3 is 0 Å². The number of hydrogen-bond donors (Lipinski definition) is 1. The van der Waals surface area contributed by atoms with E-state index in [0.29, 0.717) is 5.92 Å². The summed E-state index contributed by atoms with van der Waals surface area (Å²) in [5.41, 5.74) is 0. The fourth-order valence-corrected chi connectivity index (χ4v) is 2.00. The van der Waals surface area contributed by atoms with Gasteiger partial charge in [0.2, 0.25) is 0 Å². The number of ether oxygens (including phenoxy) is 2. The molecule has 0 saturated carbocycles. The molecule has 0 aliphatic carbocycles. The molecule has 6 heteroatoms. The summed E-state index contributed by atoms with van der Waals surface area (Å²) in [6.07, 6.45) is 2.15. The van der Waals surface area contributed by atoms with Gasteiger partial charge in [-0.15, -0.1) is 24.0 Å². The Morgan fingerprint density at radius 2 is 2.33 bits per heavy atom. The second-order valence-electron chi connectivity index (χ2n) is 4.43. The van der Waals surface area contributed by atoms with E-state index in [1.165, 1.54) is 0 Å². The molecule has 0 aromatic carbocycles. The Labute approximate surface area is 127 Å². The van der Waals surface area contributed by atoms with Crippen LogP contribution in [0.3, 0.4) is 0 Å². The minimum absolute atomic E-state index is 0. The Hall–Kier alpha value is -0.0800. The smallest absolute Gasteiger partial charge is 0.193 e. The van der Waals surface area contributed by atoms with Crippen LogP contribution < -0.4 is 5.32 Å². The molecule has 1 unspecified atom stereocenters. The Balaban J connectivity index is 0.00000289. The molecule has 1 saturated heterocycles. The number of methoxy groups -OCH3 is 1. The molecule has 1 atom stereocenters. The van der Waals surface area contributed by atoms with Crippen molar-refractivity contribution in [3.05, 3.63) is 0 Å². The average molecular weight is 371 g/mol. The van der Waals surface area contributed by atoms with Gasteiger partial charge in [0.15, 0.2) is 5.96 Å². The number of hydrogen-bond acceptors (Lipinski definition) is 3. The fraction of sp³-hybridized carbons (Fsp3) is 0.917. The molecule has 0 bridgehead atoms. The van der Waals surface area contributed by atoms with Gasteiger partial charge in [0.25, 0.3) is 0 Å². The van der Waals surface area contributed by atoms with Crippen molar-refractivity contribution in [3.63, 3.8) is 0 Å². The first kappa shape index (κ1) is 17.9. The van der Waals surface area contributed by atoms with Crippen LogP contribution in [0.5, 0.6) is 0 Å². The predicted molar refractivity (Wildman–Crippen MR) is 84.8 cm³/mol. The Morgan fingerprint density at radius 1 is 1.56 bits per heavy atom. The second kappa shape index (κ2) is 10.8. The molecule has 1 heterocycles. The van der Waals surface area contributed by atoms with Crippen molar-refractivity contribution in [3.8, 4) is 0 Å². The lowest BCUT2D eigenvalue weighted by Gasteiger charge is -2.24. The Kier molecular flexibility index (Phi) is 10.8. The van der Waals surface area contributed by atoms with Crippen LogP contribution in [0.4, 0.5) is 0 Å². The molecule has 18 heavy (non-hydrogen) atoms. The summed E-state index contributed by atoms with van der Waals surface area (Å²) in [6, 6.07) is 0. The van der Waals surface area contributed by atoms with Crippen LogP contribution >= 0.6 is 24.0 Å². The molecular formula is C12H26IN3O2. The van der Waals surface area contributed by atoms with Gasteiger partial charge in [-0.1, -0.05) is 0 Å². The monoisotopic (exact) mass is 371 g/mol. The van der Waals surface area contributed by atoms with Crippen LogP contribution in [0.15, 0.2) is 4.99 Å². The summed E-state index contributed by atoms with van der Waals surface area (Å²) in [5, 5.41) is 3.33. The highest BCUT2D eigenvalue weighted by molar-refractivity contribution is 14.0. The van der Waals surface area contributed by atoms with Gasteiger partial charge in [-0.2, -0.15) is 0 Å². The molecule has 0 aromatic heterocycles. The number of rotatable bonds is 6. The fourth-order valence-electron chi connectivity index (χ4n) is 2.00. The third kappa shape index (κ3) is 6.75. The van der Waals surface area contributed by atoms with Crippen LogP contribution in [-0.4, -0.2) is 65.0 Å². The van der Waals surface area contributed by atoms with E-state index in [-0.39, 0.29) is 24.0 Å². The SMILES string of the molecule is CN=C(NCCCOC)N(C)CC1CCOC1.I. The zero-order valence-electron chi connectivity index (χ0n) is 11.6. The maximum absolute atomic E-state index is 5.38. The van der Waals surface area contributed by atoms with E-state index < -0.39 is 0 Å². The summed E-state index contributed by atoms with van der Waals surface area (Å²) in [5.74, 6) is 1.59. The van der Waals surface area contributed by atoms with E-state index in [9.17, 15) is 0 Å². The van der Waals surface area contributed by atoms with Gasteiger partial charge in [-0.3, -0.25) is 4.99 Å². The van der Waals surface area contributed by atoms with Crippen molar-refractivity contribution < 1.29 is 9.47 Å². The Morgan fingerprint density at radius 3 is 2.89 bits per heavy atom. The zero-order valence-corrected chi connectivity index (χ0v) is 14.0. The highest BCUT2D eigenvalue weighted by Gasteiger charge is 2.18. The molecule has 0 aromatic rings. The molecule has 108 valence electrons. The number of guanidine groups is 1. The molecule has 1 rings (SSSR count). The minimum Gasteiger partial charge on any atom is -0.385 e. The van der Waals surface area contributed by atoms with Crippen LogP contribution in [0, 0.1) is 5.92 Å². The first-order valence-corrected chi connectivity index (χ1v) is 6.26. The van der Waals surface area contributed by atoms with Crippen molar-refractivity contribution in [1.82, 2.24) is 10.2 Å². The van der Waals surface area contributed by atoms with Gasteiger partial charge in [-0.25, -0.2) is 0 Å².